The van der Waals surface area contributed by atoms with Crippen molar-refractivity contribution in [2.24, 2.45) is 0 Å². The molecule has 1 unspecified atom stereocenters. The molecule has 4 heterocycles. The van der Waals surface area contributed by atoms with Gasteiger partial charge in [0.05, 0.1) is 11.9 Å². The lowest BCUT2D eigenvalue weighted by Crippen LogP contribution is -2.41. The number of H-pyrrole nitrogens is 1. The summed E-state index contributed by atoms with van der Waals surface area (Å²) >= 11 is 0. The molecule has 0 amide bonds. The molecule has 4 N–H and O–H groups in total. The highest BCUT2D eigenvalue weighted by Crippen LogP contribution is 2.35. The number of aromatic amines is 1. The van der Waals surface area contributed by atoms with Crippen LogP contribution in [0, 0.1) is 12.7 Å². The van der Waals surface area contributed by atoms with Crippen molar-refractivity contribution in [1.29, 1.82) is 0 Å². The smallest absolute Gasteiger partial charge is 0.333 e. The van der Waals surface area contributed by atoms with E-state index in [1.54, 1.807) is 19.1 Å². The minimum atomic E-state index is -3.65. The first-order chi connectivity index (χ1) is 18.5. The summed E-state index contributed by atoms with van der Waals surface area (Å²) in [7, 11) is 0. The van der Waals surface area contributed by atoms with Crippen LogP contribution in [0.2, 0.25) is 0 Å². The molecule has 4 aromatic rings. The Morgan fingerprint density at radius 3 is 2.54 bits per heavy atom. The van der Waals surface area contributed by atoms with Crippen LogP contribution in [0.4, 0.5) is 39.3 Å². The van der Waals surface area contributed by atoms with Crippen LogP contribution < -0.4 is 10.6 Å². The van der Waals surface area contributed by atoms with Gasteiger partial charge in [0.1, 0.15) is 17.6 Å². The molecule has 0 saturated carbocycles. The van der Waals surface area contributed by atoms with Crippen molar-refractivity contribution in [3.8, 4) is 0 Å². The molecule has 0 spiro atoms. The number of anilines is 3. The molecule has 39 heavy (non-hydrogen) atoms. The van der Waals surface area contributed by atoms with E-state index in [2.05, 4.69) is 30.9 Å². The van der Waals surface area contributed by atoms with Gasteiger partial charge in [-0.3, -0.25) is 5.10 Å². The van der Waals surface area contributed by atoms with Gasteiger partial charge in [-0.05, 0) is 37.3 Å². The number of piperidine rings is 1. The third-order valence-corrected chi connectivity index (χ3v) is 6.54. The third-order valence-electron chi connectivity index (χ3n) is 6.54. The molecule has 14 heteroatoms. The Bertz CT molecular complexity index is 1430. The Hall–Kier alpha value is -3.78. The first-order valence-electron chi connectivity index (χ1n) is 12.4. The number of hydrogen-bond donors (Lipinski definition) is 4. The monoisotopic (exact) mass is 550 g/mol. The van der Waals surface area contributed by atoms with Crippen molar-refractivity contribution in [3.63, 3.8) is 0 Å². The Balaban J connectivity index is 1.39. The van der Waals surface area contributed by atoms with Gasteiger partial charge in [-0.25, -0.2) is 22.7 Å². The average molecular weight is 551 g/mol. The summed E-state index contributed by atoms with van der Waals surface area (Å²) in [5.74, 6) is -7.41. The van der Waals surface area contributed by atoms with Crippen LogP contribution in [0.3, 0.4) is 0 Å². The van der Waals surface area contributed by atoms with Gasteiger partial charge < -0.3 is 20.6 Å². The van der Waals surface area contributed by atoms with Gasteiger partial charge in [-0.15, -0.1) is 5.10 Å². The van der Waals surface area contributed by atoms with Crippen LogP contribution >= 0.6 is 0 Å². The number of nitrogens with one attached hydrogen (secondary N) is 3. The van der Waals surface area contributed by atoms with E-state index in [9.17, 15) is 18.3 Å². The third kappa shape index (κ3) is 6.11. The number of fused-ring (bicyclic) bond motifs is 1. The SMILES string of the molecule is Cc1cc(Nc2nc(C(F)(F)c3ccc(F)cc3)nn3cc(NC(O)CCN4CCC(F)(F)CC4)cc23)n[nH]1. The van der Waals surface area contributed by atoms with Crippen LogP contribution in [-0.4, -0.2) is 66.6 Å². The fraction of sp³-hybridized carbons (Fsp3) is 0.400. The topological polar surface area (TPSA) is 106 Å². The van der Waals surface area contributed by atoms with E-state index in [0.717, 1.165) is 30.0 Å². The lowest BCUT2D eigenvalue weighted by Gasteiger charge is -2.32. The first-order valence-corrected chi connectivity index (χ1v) is 12.4. The molecule has 1 fully saturated rings. The average Bonchev–Trinajstić information content (AvgIpc) is 3.48. The van der Waals surface area contributed by atoms with Crippen molar-refractivity contribution >= 4 is 22.8 Å². The number of aromatic nitrogens is 5. The maximum atomic E-state index is 15.4. The highest BCUT2D eigenvalue weighted by atomic mass is 19.3. The molecule has 208 valence electrons. The summed E-state index contributed by atoms with van der Waals surface area (Å²) in [5, 5.41) is 27.1. The molecule has 0 bridgehead atoms. The van der Waals surface area contributed by atoms with E-state index in [4.69, 9.17) is 0 Å². The van der Waals surface area contributed by atoms with E-state index in [-0.39, 0.29) is 38.2 Å². The second kappa shape index (κ2) is 10.4. The van der Waals surface area contributed by atoms with E-state index < -0.39 is 35.3 Å². The van der Waals surface area contributed by atoms with Gasteiger partial charge in [0, 0.05) is 56.2 Å². The minimum Gasteiger partial charge on any atom is -0.374 e. The zero-order valence-electron chi connectivity index (χ0n) is 20.9. The fourth-order valence-corrected chi connectivity index (χ4v) is 4.37. The summed E-state index contributed by atoms with van der Waals surface area (Å²) in [4.78, 5) is 5.94. The number of aliphatic hydroxyl groups excluding tert-OH is 1. The highest BCUT2D eigenvalue weighted by Gasteiger charge is 2.39. The molecular weight excluding hydrogens is 523 g/mol. The molecule has 1 saturated heterocycles. The number of benzene rings is 1. The van der Waals surface area contributed by atoms with Crippen molar-refractivity contribution in [3.05, 3.63) is 65.5 Å². The molecule has 1 aliphatic heterocycles. The number of halogens is 5. The second-order valence-electron chi connectivity index (χ2n) is 9.63. The van der Waals surface area contributed by atoms with Crippen LogP contribution in [0.5, 0.6) is 0 Å². The standard InChI is InChI=1S/C25H27F5N8O/c1-15-12-20(35-34-15)32-22-19-13-18(31-21(39)6-9-37-10-7-24(27,28)8-11-37)14-38(19)36-23(33-22)25(29,30)16-2-4-17(26)5-3-16/h2-5,12-14,21,31,39H,6-11H2,1H3,(H2,32,33,34,35,36). The molecular formula is C25H27F5N8O. The quantitative estimate of drug-likeness (QED) is 0.178. The summed E-state index contributed by atoms with van der Waals surface area (Å²) < 4.78 is 72.1. The molecule has 1 aromatic carbocycles. The molecule has 0 aliphatic carbocycles. The maximum Gasteiger partial charge on any atom is 0.333 e. The van der Waals surface area contributed by atoms with Gasteiger partial charge in [0.15, 0.2) is 11.6 Å². The van der Waals surface area contributed by atoms with Crippen LogP contribution in [0.25, 0.3) is 5.52 Å². The summed E-state index contributed by atoms with van der Waals surface area (Å²) in [6.07, 6.45) is 0.234. The zero-order chi connectivity index (χ0) is 27.8. The van der Waals surface area contributed by atoms with Gasteiger partial charge in [0.25, 0.3) is 5.92 Å². The molecule has 9 nitrogen and oxygen atoms in total. The zero-order valence-corrected chi connectivity index (χ0v) is 20.9. The molecule has 5 rings (SSSR count). The number of nitrogens with zero attached hydrogens (tertiary/aromatic N) is 5. The minimum absolute atomic E-state index is 0.0325. The Morgan fingerprint density at radius 1 is 1.15 bits per heavy atom. The molecule has 1 aliphatic rings. The number of hydrogen-bond acceptors (Lipinski definition) is 7. The Morgan fingerprint density at radius 2 is 1.87 bits per heavy atom. The summed E-state index contributed by atoms with van der Waals surface area (Å²) in [6.45, 7) is 2.69. The normalized spacial score (nSPS) is 16.9. The number of aryl methyl sites for hydroxylation is 1. The highest BCUT2D eigenvalue weighted by molar-refractivity contribution is 5.76. The largest absolute Gasteiger partial charge is 0.374 e. The van der Waals surface area contributed by atoms with Crippen LogP contribution in [0.15, 0.2) is 42.6 Å². The van der Waals surface area contributed by atoms with Crippen molar-refractivity contribution < 1.29 is 27.1 Å². The van der Waals surface area contributed by atoms with E-state index in [1.807, 2.05) is 4.90 Å². The predicted octanol–water partition coefficient (Wildman–Crippen LogP) is 4.64. The van der Waals surface area contributed by atoms with Gasteiger partial charge in [-0.1, -0.05) is 0 Å². The lowest BCUT2D eigenvalue weighted by atomic mass is 10.1. The molecule has 1 atom stereocenters. The maximum absolute atomic E-state index is 15.4. The Labute approximate surface area is 220 Å². The van der Waals surface area contributed by atoms with Crippen molar-refractivity contribution in [1.82, 2.24) is 29.7 Å². The van der Waals surface area contributed by atoms with E-state index >= 15 is 8.78 Å². The van der Waals surface area contributed by atoms with Gasteiger partial charge in [-0.2, -0.15) is 13.9 Å². The van der Waals surface area contributed by atoms with Crippen molar-refractivity contribution in [2.75, 3.05) is 30.3 Å². The second-order valence-corrected chi connectivity index (χ2v) is 9.63. The number of rotatable bonds is 9. The van der Waals surface area contributed by atoms with E-state index in [1.165, 1.54) is 10.7 Å². The number of likely N-dealkylation sites (tertiary alicyclic amines) is 1. The predicted molar refractivity (Wildman–Crippen MR) is 134 cm³/mol. The van der Waals surface area contributed by atoms with Gasteiger partial charge in [0.2, 0.25) is 5.82 Å². The van der Waals surface area contributed by atoms with Crippen LogP contribution in [-0.2, 0) is 5.92 Å². The van der Waals surface area contributed by atoms with Gasteiger partial charge >= 0.3 is 5.92 Å². The lowest BCUT2D eigenvalue weighted by molar-refractivity contribution is -0.0562. The molecule has 3 aromatic heterocycles. The van der Waals surface area contributed by atoms with Crippen LogP contribution in [0.1, 0.15) is 36.3 Å². The number of aliphatic hydroxyl groups is 1. The Kier molecular flexibility index (Phi) is 7.16. The summed E-state index contributed by atoms with van der Waals surface area (Å²) in [6, 6.07) is 7.04. The number of alkyl halides is 4. The first kappa shape index (κ1) is 26.8. The van der Waals surface area contributed by atoms with Crippen molar-refractivity contribution in [2.45, 2.75) is 44.3 Å². The summed E-state index contributed by atoms with van der Waals surface area (Å²) in [5.41, 5.74) is 0.951. The fourth-order valence-electron chi connectivity index (χ4n) is 4.37. The van der Waals surface area contributed by atoms with E-state index in [0.29, 0.717) is 23.6 Å². The molecule has 0 radical (unpaired) electrons.